The van der Waals surface area contributed by atoms with Crippen LogP contribution in [-0.4, -0.2) is 72.7 Å². The SMILES string of the molecule is Cc1nc(CN2CC[C@H](c3cc(-c4cnn5c4N(C)CC5)n[nH]3)[C@@H](O)C2)nc2ccccc12. The highest BCUT2D eigenvalue weighted by atomic mass is 16.3. The third-order valence-corrected chi connectivity index (χ3v) is 6.96. The molecule has 9 nitrogen and oxygen atoms in total. The van der Waals surface area contributed by atoms with E-state index in [-0.39, 0.29) is 5.92 Å². The summed E-state index contributed by atoms with van der Waals surface area (Å²) in [4.78, 5) is 13.9. The summed E-state index contributed by atoms with van der Waals surface area (Å²) in [6, 6.07) is 10.2. The van der Waals surface area contributed by atoms with Crippen molar-refractivity contribution in [2.24, 2.45) is 0 Å². The highest BCUT2D eigenvalue weighted by Gasteiger charge is 2.31. The second kappa shape index (κ2) is 7.93. The summed E-state index contributed by atoms with van der Waals surface area (Å²) in [6.45, 7) is 5.99. The van der Waals surface area contributed by atoms with Crippen molar-refractivity contribution in [2.45, 2.75) is 38.5 Å². The number of aromatic amines is 1. The van der Waals surface area contributed by atoms with Gasteiger partial charge in [-0.25, -0.2) is 14.6 Å². The van der Waals surface area contributed by atoms with E-state index >= 15 is 0 Å². The van der Waals surface area contributed by atoms with Crippen LogP contribution in [0, 0.1) is 6.92 Å². The van der Waals surface area contributed by atoms with Crippen LogP contribution in [0.15, 0.2) is 36.5 Å². The smallest absolute Gasteiger partial charge is 0.143 e. The quantitative estimate of drug-likeness (QED) is 0.498. The van der Waals surface area contributed by atoms with Gasteiger partial charge in [0.2, 0.25) is 0 Å². The molecule has 5 heterocycles. The number of benzene rings is 1. The lowest BCUT2D eigenvalue weighted by atomic mass is 9.90. The number of H-pyrrole nitrogens is 1. The number of para-hydroxylation sites is 1. The van der Waals surface area contributed by atoms with Crippen LogP contribution in [0.2, 0.25) is 0 Å². The fourth-order valence-corrected chi connectivity index (χ4v) is 5.21. The van der Waals surface area contributed by atoms with E-state index in [4.69, 9.17) is 9.97 Å². The van der Waals surface area contributed by atoms with Gasteiger partial charge in [0, 0.05) is 42.8 Å². The number of anilines is 1. The van der Waals surface area contributed by atoms with Gasteiger partial charge in [0.25, 0.3) is 0 Å². The van der Waals surface area contributed by atoms with Gasteiger partial charge in [0.1, 0.15) is 11.6 Å². The number of likely N-dealkylation sites (tertiary alicyclic amines) is 1. The number of nitrogens with one attached hydrogen (secondary N) is 1. The number of aryl methyl sites for hydroxylation is 1. The number of aliphatic hydroxyl groups excluding tert-OH is 1. The molecule has 0 bridgehead atoms. The number of piperidine rings is 1. The lowest BCUT2D eigenvalue weighted by molar-refractivity contribution is 0.0453. The van der Waals surface area contributed by atoms with Gasteiger partial charge >= 0.3 is 0 Å². The molecule has 0 saturated carbocycles. The van der Waals surface area contributed by atoms with Gasteiger partial charge in [-0.1, -0.05) is 18.2 Å². The van der Waals surface area contributed by atoms with Crippen LogP contribution in [0.4, 0.5) is 5.82 Å². The Balaban J connectivity index is 1.16. The van der Waals surface area contributed by atoms with Gasteiger partial charge in [0.15, 0.2) is 0 Å². The van der Waals surface area contributed by atoms with Gasteiger partial charge in [-0.2, -0.15) is 10.2 Å². The molecule has 1 aromatic carbocycles. The highest BCUT2D eigenvalue weighted by molar-refractivity contribution is 5.80. The maximum absolute atomic E-state index is 11.0. The molecule has 0 unspecified atom stereocenters. The number of fused-ring (bicyclic) bond motifs is 2. The third kappa shape index (κ3) is 3.57. The van der Waals surface area contributed by atoms with Crippen LogP contribution in [-0.2, 0) is 13.1 Å². The largest absolute Gasteiger partial charge is 0.391 e. The summed E-state index contributed by atoms with van der Waals surface area (Å²) < 4.78 is 2.02. The molecule has 0 spiro atoms. The van der Waals surface area contributed by atoms with Gasteiger partial charge in [-0.15, -0.1) is 0 Å². The number of β-amino-alcohol motifs (C(OH)–C–C–N with tert-alkyl or cyclic N) is 1. The summed E-state index contributed by atoms with van der Waals surface area (Å²) >= 11 is 0. The van der Waals surface area contributed by atoms with Crippen LogP contribution >= 0.6 is 0 Å². The zero-order valence-corrected chi connectivity index (χ0v) is 18.9. The molecule has 0 amide bonds. The molecule has 33 heavy (non-hydrogen) atoms. The molecule has 0 aliphatic carbocycles. The minimum absolute atomic E-state index is 0.0307. The van der Waals surface area contributed by atoms with Crippen molar-refractivity contribution < 1.29 is 5.11 Å². The van der Waals surface area contributed by atoms with Crippen molar-refractivity contribution in [3.8, 4) is 11.3 Å². The number of likely N-dealkylation sites (N-methyl/N-ethyl adjacent to an activating group) is 1. The number of hydrogen-bond donors (Lipinski definition) is 2. The van der Waals surface area contributed by atoms with E-state index in [1.807, 2.05) is 36.0 Å². The molecule has 2 N–H and O–H groups in total. The zero-order chi connectivity index (χ0) is 22.5. The number of hydrogen-bond acceptors (Lipinski definition) is 7. The van der Waals surface area contributed by atoms with Crippen LogP contribution in [0.5, 0.6) is 0 Å². The lowest BCUT2D eigenvalue weighted by Crippen LogP contribution is -2.42. The molecule has 3 aromatic heterocycles. The summed E-state index contributed by atoms with van der Waals surface area (Å²) in [5, 5.41) is 24.3. The van der Waals surface area contributed by atoms with E-state index in [0.717, 1.165) is 71.2 Å². The van der Waals surface area contributed by atoms with E-state index in [9.17, 15) is 5.11 Å². The topological polar surface area (TPSA) is 99.0 Å². The molecule has 0 radical (unpaired) electrons. The van der Waals surface area contributed by atoms with Crippen LogP contribution in [0.3, 0.4) is 0 Å². The molecule has 2 atom stereocenters. The van der Waals surface area contributed by atoms with Gasteiger partial charge < -0.3 is 10.0 Å². The average Bonchev–Trinajstić information content (AvgIpc) is 3.52. The Bertz CT molecular complexity index is 1310. The van der Waals surface area contributed by atoms with E-state index in [0.29, 0.717) is 13.1 Å². The Morgan fingerprint density at radius 1 is 1.15 bits per heavy atom. The van der Waals surface area contributed by atoms with Crippen LogP contribution < -0.4 is 4.90 Å². The maximum Gasteiger partial charge on any atom is 0.143 e. The van der Waals surface area contributed by atoms with Crippen LogP contribution in [0.1, 0.15) is 29.6 Å². The molecule has 1 fully saturated rings. The van der Waals surface area contributed by atoms with Crippen molar-refractivity contribution in [3.05, 3.63) is 53.7 Å². The Labute approximate surface area is 192 Å². The Morgan fingerprint density at radius 2 is 2.03 bits per heavy atom. The minimum Gasteiger partial charge on any atom is -0.391 e. The fourth-order valence-electron chi connectivity index (χ4n) is 5.21. The Morgan fingerprint density at radius 3 is 2.91 bits per heavy atom. The summed E-state index contributed by atoms with van der Waals surface area (Å²) in [5.74, 6) is 1.94. The first-order chi connectivity index (χ1) is 16.1. The van der Waals surface area contributed by atoms with Gasteiger partial charge in [-0.05, 0) is 32.0 Å². The van der Waals surface area contributed by atoms with Crippen molar-refractivity contribution in [2.75, 3.05) is 31.6 Å². The van der Waals surface area contributed by atoms with Gasteiger partial charge in [0.05, 0.1) is 42.2 Å². The van der Waals surface area contributed by atoms with Crippen molar-refractivity contribution in [1.82, 2.24) is 34.8 Å². The number of aliphatic hydroxyl groups is 1. The molecule has 170 valence electrons. The molecule has 9 heteroatoms. The summed E-state index contributed by atoms with van der Waals surface area (Å²) in [5.41, 5.74) is 4.87. The Kier molecular flexibility index (Phi) is 4.88. The molecule has 6 rings (SSSR count). The van der Waals surface area contributed by atoms with Gasteiger partial charge in [-0.3, -0.25) is 10.00 Å². The molecule has 2 aliphatic heterocycles. The number of rotatable bonds is 4. The molecule has 4 aromatic rings. The van der Waals surface area contributed by atoms with Crippen molar-refractivity contribution in [1.29, 1.82) is 0 Å². The van der Waals surface area contributed by atoms with E-state index < -0.39 is 6.10 Å². The second-order valence-corrected chi connectivity index (χ2v) is 9.18. The number of nitrogens with zero attached hydrogens (tertiary/aromatic N) is 7. The normalized spacial score (nSPS) is 21.1. The first-order valence-corrected chi connectivity index (χ1v) is 11.5. The molecule has 1 saturated heterocycles. The van der Waals surface area contributed by atoms with Crippen LogP contribution in [0.25, 0.3) is 22.2 Å². The number of aromatic nitrogens is 6. The Hall–Kier alpha value is -3.30. The van der Waals surface area contributed by atoms with Crippen molar-refractivity contribution in [3.63, 3.8) is 0 Å². The fraction of sp³-hybridized carbons (Fsp3) is 0.417. The van der Waals surface area contributed by atoms with E-state index in [2.05, 4.69) is 44.3 Å². The second-order valence-electron chi connectivity index (χ2n) is 9.18. The highest BCUT2D eigenvalue weighted by Crippen LogP contribution is 2.35. The van der Waals surface area contributed by atoms with Crippen molar-refractivity contribution >= 4 is 16.7 Å². The molecular weight excluding hydrogens is 416 g/mol. The molecular formula is C24H28N8O. The third-order valence-electron chi connectivity index (χ3n) is 6.96. The first-order valence-electron chi connectivity index (χ1n) is 11.5. The van der Waals surface area contributed by atoms with E-state index in [1.165, 1.54) is 0 Å². The monoisotopic (exact) mass is 444 g/mol. The zero-order valence-electron chi connectivity index (χ0n) is 18.9. The minimum atomic E-state index is -0.478. The summed E-state index contributed by atoms with van der Waals surface area (Å²) in [6.07, 6.45) is 2.26. The predicted octanol–water partition coefficient (Wildman–Crippen LogP) is 2.33. The predicted molar refractivity (Wildman–Crippen MR) is 126 cm³/mol. The lowest BCUT2D eigenvalue weighted by Gasteiger charge is -2.35. The maximum atomic E-state index is 11.0. The molecule has 2 aliphatic rings. The summed E-state index contributed by atoms with van der Waals surface area (Å²) in [7, 11) is 2.08. The van der Waals surface area contributed by atoms with E-state index in [1.54, 1.807) is 0 Å². The first kappa shape index (κ1) is 20.3. The standard InChI is InChI=1S/C24H28N8O/c1-15-16-5-3-4-6-19(16)27-23(26-15)14-31-8-7-17(22(33)13-31)20-11-21(29-28-20)18-12-25-32-10-9-30(2)24(18)32/h3-6,11-12,17,22,33H,7-10,13-14H2,1-2H3,(H,28,29)/t17-,22+/m1/s1. The average molecular weight is 445 g/mol.